The lowest BCUT2D eigenvalue weighted by atomic mass is 10.0. The molecular weight excluding hydrogens is 415 g/mol. The highest BCUT2D eigenvalue weighted by atomic mass is 19.1. The Morgan fingerprint density at radius 2 is 1.61 bits per heavy atom. The van der Waals surface area contributed by atoms with E-state index < -0.39 is 0 Å². The molecule has 1 N–H and O–H groups in total. The highest BCUT2D eigenvalue weighted by Crippen LogP contribution is 2.21. The van der Waals surface area contributed by atoms with Crippen LogP contribution in [-0.2, 0) is 13.1 Å². The first-order chi connectivity index (χ1) is 16.1. The molecule has 168 valence electrons. The summed E-state index contributed by atoms with van der Waals surface area (Å²) in [5.74, 6) is 0.146. The van der Waals surface area contributed by atoms with Crippen LogP contribution in [0.3, 0.4) is 0 Å². The van der Waals surface area contributed by atoms with Crippen LogP contribution in [0.25, 0.3) is 10.8 Å². The van der Waals surface area contributed by atoms with Gasteiger partial charge in [-0.2, -0.15) is 0 Å². The van der Waals surface area contributed by atoms with Crippen LogP contribution in [-0.4, -0.2) is 31.0 Å². The third-order valence-corrected chi connectivity index (χ3v) is 5.46. The van der Waals surface area contributed by atoms with E-state index in [0.717, 1.165) is 18.8 Å². The van der Waals surface area contributed by atoms with Crippen molar-refractivity contribution in [1.29, 1.82) is 0 Å². The minimum atomic E-state index is -0.363. The van der Waals surface area contributed by atoms with Gasteiger partial charge in [0.2, 0.25) is 0 Å². The first-order valence-electron chi connectivity index (χ1n) is 11.0. The lowest BCUT2D eigenvalue weighted by Crippen LogP contribution is -2.28. The van der Waals surface area contributed by atoms with Gasteiger partial charge in [-0.3, -0.25) is 9.69 Å². The maximum atomic E-state index is 12.9. The number of carbonyl (C=O) groups excluding carboxylic acids is 1. The third-order valence-electron chi connectivity index (χ3n) is 5.46. The molecule has 0 atom stereocenters. The van der Waals surface area contributed by atoms with Crippen molar-refractivity contribution in [3.63, 3.8) is 0 Å². The summed E-state index contributed by atoms with van der Waals surface area (Å²) in [6.07, 6.45) is 0. The van der Waals surface area contributed by atoms with Crippen LogP contribution in [0.2, 0.25) is 0 Å². The fourth-order valence-electron chi connectivity index (χ4n) is 3.82. The van der Waals surface area contributed by atoms with Crippen molar-refractivity contribution in [1.82, 2.24) is 10.2 Å². The van der Waals surface area contributed by atoms with Gasteiger partial charge in [0, 0.05) is 18.7 Å². The van der Waals surface area contributed by atoms with Gasteiger partial charge in [0.15, 0.2) is 0 Å². The Morgan fingerprint density at radius 1 is 0.879 bits per heavy atom. The van der Waals surface area contributed by atoms with E-state index in [-0.39, 0.29) is 11.7 Å². The highest BCUT2D eigenvalue weighted by Gasteiger charge is 2.07. The van der Waals surface area contributed by atoms with Crippen LogP contribution < -0.4 is 10.1 Å². The number of halogens is 1. The Labute approximate surface area is 193 Å². The Balaban J connectivity index is 1.23. The molecule has 33 heavy (non-hydrogen) atoms. The molecule has 0 fully saturated rings. The number of nitrogens with zero attached hydrogens (tertiary/aromatic N) is 1. The summed E-state index contributed by atoms with van der Waals surface area (Å²) in [5, 5.41) is 5.33. The van der Waals surface area contributed by atoms with E-state index in [1.54, 1.807) is 0 Å². The summed E-state index contributed by atoms with van der Waals surface area (Å²) >= 11 is 0. The monoisotopic (exact) mass is 442 g/mol. The molecule has 0 aliphatic heterocycles. The minimum Gasteiger partial charge on any atom is -0.492 e. The van der Waals surface area contributed by atoms with E-state index >= 15 is 0 Å². The van der Waals surface area contributed by atoms with Gasteiger partial charge >= 0.3 is 0 Å². The molecule has 0 saturated carbocycles. The minimum absolute atomic E-state index is 0.247. The normalized spacial score (nSPS) is 11.0. The van der Waals surface area contributed by atoms with Crippen molar-refractivity contribution in [2.75, 3.05) is 20.2 Å². The maximum absolute atomic E-state index is 12.9. The number of amides is 1. The first-order valence-corrected chi connectivity index (χ1v) is 11.0. The second-order valence-corrected chi connectivity index (χ2v) is 8.07. The molecule has 0 unspecified atom stereocenters. The van der Waals surface area contributed by atoms with Gasteiger partial charge in [0.05, 0.1) is 6.54 Å². The number of carbonyl (C=O) groups is 1. The summed E-state index contributed by atoms with van der Waals surface area (Å²) < 4.78 is 18.7. The second kappa shape index (κ2) is 10.7. The summed E-state index contributed by atoms with van der Waals surface area (Å²) in [4.78, 5) is 14.3. The molecule has 4 nitrogen and oxygen atoms in total. The van der Waals surface area contributed by atoms with Gasteiger partial charge < -0.3 is 10.1 Å². The zero-order chi connectivity index (χ0) is 23.0. The number of hydrogen-bond donors (Lipinski definition) is 1. The SMILES string of the molecule is CN(Cc1ccc(OCCNC(=O)c2ccc(F)cc2)cc1)Cc1cccc2ccccc12. The molecule has 0 heterocycles. The number of hydrogen-bond acceptors (Lipinski definition) is 3. The molecule has 0 spiro atoms. The molecule has 0 radical (unpaired) electrons. The summed E-state index contributed by atoms with van der Waals surface area (Å²) in [6.45, 7) is 2.42. The zero-order valence-corrected chi connectivity index (χ0v) is 18.6. The van der Waals surface area contributed by atoms with Crippen molar-refractivity contribution in [3.05, 3.63) is 114 Å². The Morgan fingerprint density at radius 3 is 2.39 bits per heavy atom. The van der Waals surface area contributed by atoms with E-state index in [1.165, 1.54) is 46.2 Å². The summed E-state index contributed by atoms with van der Waals surface area (Å²) in [5.41, 5.74) is 2.95. The largest absolute Gasteiger partial charge is 0.492 e. The molecule has 4 rings (SSSR count). The topological polar surface area (TPSA) is 41.6 Å². The molecule has 4 aromatic carbocycles. The summed E-state index contributed by atoms with van der Waals surface area (Å²) in [6, 6.07) is 28.4. The summed E-state index contributed by atoms with van der Waals surface area (Å²) in [7, 11) is 2.12. The average molecular weight is 443 g/mol. The van der Waals surface area contributed by atoms with Crippen molar-refractivity contribution in [3.8, 4) is 5.75 Å². The molecule has 5 heteroatoms. The van der Waals surface area contributed by atoms with Crippen LogP contribution in [0.4, 0.5) is 4.39 Å². The molecule has 0 aromatic heterocycles. The number of fused-ring (bicyclic) bond motifs is 1. The smallest absolute Gasteiger partial charge is 0.251 e. The molecular formula is C28H27FN2O2. The van der Waals surface area contributed by atoms with Crippen LogP contribution >= 0.6 is 0 Å². The predicted octanol–water partition coefficient (Wildman–Crippen LogP) is 5.42. The van der Waals surface area contributed by atoms with Gasteiger partial charge in [-0.05, 0) is 65.3 Å². The fourth-order valence-corrected chi connectivity index (χ4v) is 3.82. The fraction of sp³-hybridized carbons (Fsp3) is 0.179. The number of ether oxygens (including phenoxy) is 1. The first kappa shape index (κ1) is 22.5. The highest BCUT2D eigenvalue weighted by molar-refractivity contribution is 5.94. The van der Waals surface area contributed by atoms with Gasteiger partial charge in [-0.1, -0.05) is 54.6 Å². The standard InChI is InChI=1S/C28H27FN2O2/c1-31(20-24-7-4-6-22-5-2-3-8-27(22)24)19-21-9-15-26(16-10-21)33-18-17-30-28(32)23-11-13-25(29)14-12-23/h2-16H,17-20H2,1H3,(H,30,32). The lowest BCUT2D eigenvalue weighted by molar-refractivity contribution is 0.0947. The van der Waals surface area contributed by atoms with E-state index in [4.69, 9.17) is 4.74 Å². The second-order valence-electron chi connectivity index (χ2n) is 8.07. The predicted molar refractivity (Wildman–Crippen MR) is 130 cm³/mol. The molecule has 0 bridgehead atoms. The van der Waals surface area contributed by atoms with Crippen molar-refractivity contribution in [2.24, 2.45) is 0 Å². The van der Waals surface area contributed by atoms with E-state index in [1.807, 2.05) is 12.1 Å². The van der Waals surface area contributed by atoms with Gasteiger partial charge in [-0.15, -0.1) is 0 Å². The van der Waals surface area contributed by atoms with Crippen molar-refractivity contribution >= 4 is 16.7 Å². The Kier molecular flexibility index (Phi) is 7.33. The van der Waals surface area contributed by atoms with Crippen molar-refractivity contribution < 1.29 is 13.9 Å². The van der Waals surface area contributed by atoms with Crippen LogP contribution in [0, 0.1) is 5.82 Å². The molecule has 0 aliphatic rings. The van der Waals surface area contributed by atoms with Crippen LogP contribution in [0.1, 0.15) is 21.5 Å². The Bertz CT molecular complexity index is 1200. The van der Waals surface area contributed by atoms with Crippen LogP contribution in [0.5, 0.6) is 5.75 Å². The molecule has 1 amide bonds. The molecule has 4 aromatic rings. The number of benzene rings is 4. The number of rotatable bonds is 9. The lowest BCUT2D eigenvalue weighted by Gasteiger charge is -2.18. The average Bonchev–Trinajstić information content (AvgIpc) is 2.83. The van der Waals surface area contributed by atoms with E-state index in [2.05, 4.69) is 71.9 Å². The zero-order valence-electron chi connectivity index (χ0n) is 18.6. The van der Waals surface area contributed by atoms with E-state index in [9.17, 15) is 9.18 Å². The quantitative estimate of drug-likeness (QED) is 0.352. The van der Waals surface area contributed by atoms with Gasteiger partial charge in [0.1, 0.15) is 18.2 Å². The molecule has 0 aliphatic carbocycles. The van der Waals surface area contributed by atoms with Gasteiger partial charge in [-0.25, -0.2) is 4.39 Å². The van der Waals surface area contributed by atoms with E-state index in [0.29, 0.717) is 18.7 Å². The third kappa shape index (κ3) is 6.18. The van der Waals surface area contributed by atoms with Crippen LogP contribution in [0.15, 0.2) is 91.0 Å². The van der Waals surface area contributed by atoms with Gasteiger partial charge in [0.25, 0.3) is 5.91 Å². The van der Waals surface area contributed by atoms with Crippen molar-refractivity contribution in [2.45, 2.75) is 13.1 Å². The molecule has 0 saturated heterocycles. The number of nitrogens with one attached hydrogen (secondary N) is 1. The maximum Gasteiger partial charge on any atom is 0.251 e. The Hall–Kier alpha value is -3.70.